The summed E-state index contributed by atoms with van der Waals surface area (Å²) in [5.41, 5.74) is 4.85. The molecule has 0 aliphatic carbocycles. The molecule has 1 aromatic heterocycles. The molecule has 2 heterocycles. The third-order valence-corrected chi connectivity index (χ3v) is 4.85. The van der Waals surface area contributed by atoms with E-state index in [4.69, 9.17) is 26.3 Å². The molecule has 0 unspecified atom stereocenters. The van der Waals surface area contributed by atoms with Crippen molar-refractivity contribution < 1.29 is 4.74 Å². The first-order valence-electron chi connectivity index (χ1n) is 8.75. The normalized spacial score (nSPS) is 12.4. The summed E-state index contributed by atoms with van der Waals surface area (Å²) in [4.78, 5) is 11.7. The third-order valence-electron chi connectivity index (χ3n) is 4.62. The Morgan fingerprint density at radius 3 is 2.56 bits per heavy atom. The Kier molecular flexibility index (Phi) is 3.73. The van der Waals surface area contributed by atoms with Gasteiger partial charge in [-0.15, -0.1) is 0 Å². The summed E-state index contributed by atoms with van der Waals surface area (Å²) < 4.78 is 6.12. The van der Waals surface area contributed by atoms with E-state index in [1.54, 1.807) is 0 Å². The summed E-state index contributed by atoms with van der Waals surface area (Å²) in [6.07, 6.45) is 0. The van der Waals surface area contributed by atoms with Gasteiger partial charge in [0.05, 0.1) is 16.7 Å². The van der Waals surface area contributed by atoms with Crippen LogP contribution in [0.5, 0.6) is 11.6 Å². The fourth-order valence-electron chi connectivity index (χ4n) is 3.34. The average Bonchev–Trinajstić information content (AvgIpc) is 2.66. The quantitative estimate of drug-likeness (QED) is 0.429. The van der Waals surface area contributed by atoms with Crippen LogP contribution in [0.2, 0.25) is 5.02 Å². The van der Waals surface area contributed by atoms with Gasteiger partial charge in [-0.05, 0) is 54.4 Å². The van der Waals surface area contributed by atoms with Crippen LogP contribution < -0.4 is 9.64 Å². The molecule has 5 heteroatoms. The highest BCUT2D eigenvalue weighted by molar-refractivity contribution is 6.30. The van der Waals surface area contributed by atoms with Gasteiger partial charge in [0, 0.05) is 11.6 Å². The van der Waals surface area contributed by atoms with Crippen LogP contribution in [0.15, 0.2) is 66.7 Å². The lowest BCUT2D eigenvalue weighted by Crippen LogP contribution is -2.22. The molecule has 0 saturated heterocycles. The van der Waals surface area contributed by atoms with E-state index in [2.05, 4.69) is 23.1 Å². The number of aromatic nitrogens is 2. The van der Waals surface area contributed by atoms with E-state index in [0.29, 0.717) is 18.2 Å². The second kappa shape index (κ2) is 6.25. The van der Waals surface area contributed by atoms with Crippen LogP contribution in [0.4, 0.5) is 11.5 Å². The van der Waals surface area contributed by atoms with E-state index >= 15 is 0 Å². The summed E-state index contributed by atoms with van der Waals surface area (Å²) in [5, 5.41) is 0.717. The molecule has 0 amide bonds. The predicted octanol–water partition coefficient (Wildman–Crippen LogP) is 6.04. The van der Waals surface area contributed by atoms with Gasteiger partial charge in [0.15, 0.2) is 11.6 Å². The summed E-state index contributed by atoms with van der Waals surface area (Å²) in [7, 11) is 0. The second-order valence-corrected chi connectivity index (χ2v) is 7.07. The lowest BCUT2D eigenvalue weighted by molar-refractivity contribution is 0.452. The number of hydrogen-bond acceptors (Lipinski definition) is 4. The van der Waals surface area contributed by atoms with Crippen molar-refractivity contribution >= 4 is 34.1 Å². The number of anilines is 2. The van der Waals surface area contributed by atoms with Crippen molar-refractivity contribution in [1.82, 2.24) is 9.97 Å². The van der Waals surface area contributed by atoms with Crippen molar-refractivity contribution in [2.75, 3.05) is 4.90 Å². The van der Waals surface area contributed by atoms with E-state index in [0.717, 1.165) is 38.6 Å². The number of ether oxygens (including phenoxy) is 1. The Labute approximate surface area is 162 Å². The minimum Gasteiger partial charge on any atom is -0.434 e. The third kappa shape index (κ3) is 2.88. The summed E-state index contributed by atoms with van der Waals surface area (Å²) >= 11 is 6.19. The number of hydrogen-bond donors (Lipinski definition) is 0. The second-order valence-electron chi connectivity index (χ2n) is 6.63. The van der Waals surface area contributed by atoms with E-state index < -0.39 is 0 Å². The molecule has 4 aromatic rings. The van der Waals surface area contributed by atoms with Crippen LogP contribution in [0, 0.1) is 6.92 Å². The molecule has 0 fully saturated rings. The smallest absolute Gasteiger partial charge is 0.264 e. The van der Waals surface area contributed by atoms with Crippen LogP contribution in [0.1, 0.15) is 11.1 Å². The highest BCUT2D eigenvalue weighted by atomic mass is 35.5. The first kappa shape index (κ1) is 16.1. The molecule has 5 rings (SSSR count). The van der Waals surface area contributed by atoms with Gasteiger partial charge in [-0.25, -0.2) is 9.97 Å². The van der Waals surface area contributed by atoms with Crippen molar-refractivity contribution in [2.45, 2.75) is 13.5 Å². The average molecular weight is 374 g/mol. The van der Waals surface area contributed by atoms with E-state index in [-0.39, 0.29) is 0 Å². The molecule has 0 spiro atoms. The SMILES string of the molecule is Cc1ccc2c(c1)Oc1nc3ccccc3nc1N2Cc1cccc(Cl)c1. The Hall–Kier alpha value is -3.11. The lowest BCUT2D eigenvalue weighted by Gasteiger charge is -2.31. The number of nitrogens with zero attached hydrogens (tertiary/aromatic N) is 3. The molecule has 3 aromatic carbocycles. The molecule has 132 valence electrons. The largest absolute Gasteiger partial charge is 0.434 e. The van der Waals surface area contributed by atoms with Crippen LogP contribution in [0.3, 0.4) is 0 Å². The molecule has 1 aliphatic rings. The molecule has 4 nitrogen and oxygen atoms in total. The molecule has 0 N–H and O–H groups in total. The van der Waals surface area contributed by atoms with E-state index in [1.165, 1.54) is 0 Å². The van der Waals surface area contributed by atoms with Crippen molar-refractivity contribution in [3.05, 3.63) is 82.9 Å². The predicted molar refractivity (Wildman–Crippen MR) is 108 cm³/mol. The Morgan fingerprint density at radius 1 is 0.926 bits per heavy atom. The number of fused-ring (bicyclic) bond motifs is 3. The molecule has 27 heavy (non-hydrogen) atoms. The van der Waals surface area contributed by atoms with Gasteiger partial charge in [-0.2, -0.15) is 0 Å². The zero-order valence-electron chi connectivity index (χ0n) is 14.7. The standard InChI is InChI=1S/C22H16ClN3O/c1-14-9-10-19-20(11-14)27-22-21(24-17-7-2-3-8-18(17)25-22)26(19)13-15-5-4-6-16(23)12-15/h2-12H,13H2,1H3. The molecule has 0 atom stereocenters. The van der Waals surface area contributed by atoms with Gasteiger partial charge in [0.25, 0.3) is 5.88 Å². The molecule has 1 aliphatic heterocycles. The fraction of sp³-hybridized carbons (Fsp3) is 0.0909. The lowest BCUT2D eigenvalue weighted by atomic mass is 10.1. The van der Waals surface area contributed by atoms with Gasteiger partial charge >= 0.3 is 0 Å². The Balaban J connectivity index is 1.69. The molecule has 0 bridgehead atoms. The van der Waals surface area contributed by atoms with Crippen molar-refractivity contribution in [1.29, 1.82) is 0 Å². The zero-order valence-corrected chi connectivity index (χ0v) is 15.4. The van der Waals surface area contributed by atoms with E-state index in [1.807, 2.05) is 55.5 Å². The summed E-state index contributed by atoms with van der Waals surface area (Å²) in [6.45, 7) is 2.67. The van der Waals surface area contributed by atoms with Crippen LogP contribution in [-0.2, 0) is 6.54 Å². The van der Waals surface area contributed by atoms with Gasteiger partial charge in [-0.3, -0.25) is 0 Å². The zero-order chi connectivity index (χ0) is 18.4. The number of aryl methyl sites for hydroxylation is 1. The van der Waals surface area contributed by atoms with Gasteiger partial charge in [0.1, 0.15) is 0 Å². The van der Waals surface area contributed by atoms with Crippen LogP contribution in [-0.4, -0.2) is 9.97 Å². The topological polar surface area (TPSA) is 38.3 Å². The number of benzene rings is 3. The summed E-state index contributed by atoms with van der Waals surface area (Å²) in [5.74, 6) is 2.02. The number of rotatable bonds is 2. The molecular weight excluding hydrogens is 358 g/mol. The van der Waals surface area contributed by atoms with Crippen molar-refractivity contribution in [2.24, 2.45) is 0 Å². The minimum atomic E-state index is 0.522. The molecular formula is C22H16ClN3O. The number of halogens is 1. The van der Waals surface area contributed by atoms with Crippen molar-refractivity contribution in [3.63, 3.8) is 0 Å². The maximum Gasteiger partial charge on any atom is 0.264 e. The van der Waals surface area contributed by atoms with Gasteiger partial charge in [-0.1, -0.05) is 41.9 Å². The number of para-hydroxylation sites is 2. The molecule has 0 saturated carbocycles. The van der Waals surface area contributed by atoms with Gasteiger partial charge in [0.2, 0.25) is 0 Å². The Bertz CT molecular complexity index is 1180. The highest BCUT2D eigenvalue weighted by Crippen LogP contribution is 2.46. The van der Waals surface area contributed by atoms with Crippen LogP contribution in [0.25, 0.3) is 11.0 Å². The maximum atomic E-state index is 6.19. The van der Waals surface area contributed by atoms with Crippen molar-refractivity contribution in [3.8, 4) is 11.6 Å². The fourth-order valence-corrected chi connectivity index (χ4v) is 3.55. The highest BCUT2D eigenvalue weighted by Gasteiger charge is 2.28. The first-order chi connectivity index (χ1) is 13.2. The van der Waals surface area contributed by atoms with E-state index in [9.17, 15) is 0 Å². The van der Waals surface area contributed by atoms with Gasteiger partial charge < -0.3 is 9.64 Å². The monoisotopic (exact) mass is 373 g/mol. The van der Waals surface area contributed by atoms with Crippen LogP contribution >= 0.6 is 11.6 Å². The minimum absolute atomic E-state index is 0.522. The Morgan fingerprint density at radius 2 is 1.74 bits per heavy atom. The first-order valence-corrected chi connectivity index (χ1v) is 9.12. The summed E-state index contributed by atoms with van der Waals surface area (Å²) in [6, 6.07) is 21.9. The molecule has 0 radical (unpaired) electrons. The maximum absolute atomic E-state index is 6.19.